The van der Waals surface area contributed by atoms with Crippen LogP contribution < -0.4 is 5.19 Å². The molecule has 0 N–H and O–H groups in total. The smallest absolute Gasteiger partial charge is 0.0774 e. The molecule has 0 unspecified atom stereocenters. The number of hydrogen-bond acceptors (Lipinski definition) is 2. The van der Waals surface area contributed by atoms with E-state index in [4.69, 9.17) is 4.98 Å². The van der Waals surface area contributed by atoms with Crippen molar-refractivity contribution in [2.75, 3.05) is 0 Å². The van der Waals surface area contributed by atoms with Crippen molar-refractivity contribution in [1.82, 2.24) is 9.55 Å². The molecular formula is C36H37IrN2SSi-. The van der Waals surface area contributed by atoms with E-state index in [9.17, 15) is 0 Å². The summed E-state index contributed by atoms with van der Waals surface area (Å²) in [6, 6.07) is 31.2. The van der Waals surface area contributed by atoms with E-state index in [2.05, 4.69) is 142 Å². The second-order valence-corrected chi connectivity index (χ2v) is 18.4. The molecule has 41 heavy (non-hydrogen) atoms. The topological polar surface area (TPSA) is 17.8 Å². The number of aromatic nitrogens is 2. The maximum atomic E-state index is 5.30. The Hall–Kier alpha value is -2.82. The molecule has 0 aliphatic carbocycles. The first-order chi connectivity index (χ1) is 19.1. The third kappa shape index (κ3) is 5.41. The van der Waals surface area contributed by atoms with Crippen molar-refractivity contribution in [3.05, 3.63) is 101 Å². The fraction of sp³-hybridized carbons (Fsp3) is 0.250. The zero-order valence-corrected chi connectivity index (χ0v) is 29.1. The molecule has 0 bridgehead atoms. The van der Waals surface area contributed by atoms with Gasteiger partial charge < -0.3 is 4.57 Å². The van der Waals surface area contributed by atoms with Gasteiger partial charge in [-0.25, -0.2) is 0 Å². The van der Waals surface area contributed by atoms with Crippen LogP contribution in [-0.4, -0.2) is 17.6 Å². The second kappa shape index (κ2) is 11.5. The van der Waals surface area contributed by atoms with E-state index in [0.29, 0.717) is 11.8 Å². The quantitative estimate of drug-likeness (QED) is 0.123. The molecule has 2 aromatic heterocycles. The van der Waals surface area contributed by atoms with Gasteiger partial charge in [-0.15, -0.1) is 11.5 Å². The van der Waals surface area contributed by atoms with Crippen molar-refractivity contribution < 1.29 is 20.1 Å². The standard InChI is InChI=1S/C36H37N2SSi.Ir/c1-23(2)28-19-26(25-13-9-8-10-14-25)20-29(24(3)4)35(28)38-33-16-12-11-15-32(33)37-36(38)31-22-39-34-18-17-27(21-30(31)34)40(5,6)7;/h8-21,23-24H,1-7H3;/q-1;. The molecule has 211 valence electrons. The Bertz CT molecular complexity index is 1810. The number of fused-ring (bicyclic) bond motifs is 2. The van der Waals surface area contributed by atoms with Crippen molar-refractivity contribution in [2.45, 2.75) is 59.2 Å². The summed E-state index contributed by atoms with van der Waals surface area (Å²) in [4.78, 5) is 5.30. The number of nitrogens with zero attached hydrogens (tertiary/aromatic N) is 2. The Balaban J connectivity index is 0.00000337. The van der Waals surface area contributed by atoms with Crippen molar-refractivity contribution >= 4 is 45.7 Å². The minimum atomic E-state index is -1.48. The van der Waals surface area contributed by atoms with Crippen LogP contribution in [0.2, 0.25) is 19.6 Å². The van der Waals surface area contributed by atoms with Crippen molar-refractivity contribution in [3.63, 3.8) is 0 Å². The number of benzene rings is 4. The van der Waals surface area contributed by atoms with Crippen LogP contribution in [0.25, 0.3) is 49.3 Å². The fourth-order valence-electron chi connectivity index (χ4n) is 5.64. The van der Waals surface area contributed by atoms with Gasteiger partial charge >= 0.3 is 0 Å². The van der Waals surface area contributed by atoms with Gasteiger partial charge in [0.05, 0.1) is 24.9 Å². The van der Waals surface area contributed by atoms with Crippen LogP contribution in [-0.2, 0) is 20.1 Å². The normalized spacial score (nSPS) is 12.0. The fourth-order valence-corrected chi connectivity index (χ4v) is 7.62. The minimum Gasteiger partial charge on any atom is -0.333 e. The summed E-state index contributed by atoms with van der Waals surface area (Å²) in [7, 11) is -1.48. The molecule has 2 nitrogen and oxygen atoms in total. The van der Waals surface area contributed by atoms with E-state index in [1.165, 1.54) is 43.2 Å². The monoisotopic (exact) mass is 750 g/mol. The molecular weight excluding hydrogens is 713 g/mol. The van der Waals surface area contributed by atoms with E-state index in [1.807, 2.05) is 0 Å². The minimum absolute atomic E-state index is 0. The third-order valence-electron chi connectivity index (χ3n) is 7.91. The molecule has 0 saturated carbocycles. The van der Waals surface area contributed by atoms with Gasteiger partial charge in [-0.2, -0.15) is 0 Å². The predicted molar refractivity (Wildman–Crippen MR) is 177 cm³/mol. The molecule has 1 radical (unpaired) electrons. The van der Waals surface area contributed by atoms with Crippen LogP contribution in [0, 0.1) is 5.38 Å². The molecule has 0 amide bonds. The zero-order chi connectivity index (χ0) is 28.2. The van der Waals surface area contributed by atoms with Gasteiger partial charge in [-0.1, -0.05) is 123 Å². The summed E-state index contributed by atoms with van der Waals surface area (Å²) in [5, 5.41) is 6.42. The number of hydrogen-bond donors (Lipinski definition) is 0. The van der Waals surface area contributed by atoms with E-state index in [0.717, 1.165) is 22.4 Å². The summed E-state index contributed by atoms with van der Waals surface area (Å²) < 4.78 is 3.71. The molecule has 5 heteroatoms. The number of rotatable bonds is 6. The second-order valence-electron chi connectivity index (χ2n) is 12.5. The summed E-state index contributed by atoms with van der Waals surface area (Å²) in [5.41, 5.74) is 9.74. The molecule has 6 rings (SSSR count). The molecule has 4 aromatic carbocycles. The largest absolute Gasteiger partial charge is 0.333 e. The van der Waals surface area contributed by atoms with Crippen LogP contribution in [0.4, 0.5) is 0 Å². The molecule has 0 saturated heterocycles. The first-order valence-electron chi connectivity index (χ1n) is 14.3. The summed E-state index contributed by atoms with van der Waals surface area (Å²) in [5.74, 6) is 1.66. The van der Waals surface area contributed by atoms with Crippen molar-refractivity contribution in [1.29, 1.82) is 0 Å². The summed E-state index contributed by atoms with van der Waals surface area (Å²) in [6.07, 6.45) is 0. The Morgan fingerprint density at radius 1 is 0.756 bits per heavy atom. The van der Waals surface area contributed by atoms with Crippen LogP contribution in [0.3, 0.4) is 0 Å². The number of para-hydroxylation sites is 2. The van der Waals surface area contributed by atoms with E-state index < -0.39 is 8.07 Å². The number of imidazole rings is 1. The molecule has 0 aliphatic heterocycles. The van der Waals surface area contributed by atoms with Crippen molar-refractivity contribution in [3.8, 4) is 28.2 Å². The Labute approximate surface area is 262 Å². The molecule has 0 aliphatic rings. The SMILES string of the molecule is CC(C)c1cc(-c2ccccc2)cc(C(C)C)c1-n1c(-c2[c-]sc3ccc([Si](C)(C)C)cc23)nc2ccccc21.[Ir]. The first kappa shape index (κ1) is 29.7. The maximum absolute atomic E-state index is 5.30. The molecule has 2 heterocycles. The molecule has 6 aromatic rings. The van der Waals surface area contributed by atoms with E-state index >= 15 is 0 Å². The first-order valence-corrected chi connectivity index (χ1v) is 18.6. The summed E-state index contributed by atoms with van der Waals surface area (Å²) >= 11 is 1.70. The predicted octanol–water partition coefficient (Wildman–Crippen LogP) is 10.2. The van der Waals surface area contributed by atoms with Gasteiger partial charge in [-0.3, -0.25) is 16.3 Å². The summed E-state index contributed by atoms with van der Waals surface area (Å²) in [6.45, 7) is 16.5. The molecule has 0 fully saturated rings. The maximum Gasteiger partial charge on any atom is 0.0774 e. The van der Waals surface area contributed by atoms with Gasteiger partial charge in [0.2, 0.25) is 0 Å². The van der Waals surface area contributed by atoms with E-state index in [1.54, 1.807) is 11.3 Å². The van der Waals surface area contributed by atoms with Gasteiger partial charge in [0.25, 0.3) is 0 Å². The van der Waals surface area contributed by atoms with Crippen LogP contribution >= 0.6 is 11.3 Å². The Morgan fingerprint density at radius 3 is 2.02 bits per heavy atom. The van der Waals surface area contributed by atoms with Gasteiger partial charge in [0.15, 0.2) is 0 Å². The third-order valence-corrected chi connectivity index (χ3v) is 10.8. The molecule has 0 spiro atoms. The molecule has 0 atom stereocenters. The Morgan fingerprint density at radius 2 is 1.39 bits per heavy atom. The zero-order valence-electron chi connectivity index (χ0n) is 24.9. The van der Waals surface area contributed by atoms with E-state index in [-0.39, 0.29) is 20.1 Å². The average molecular weight is 750 g/mol. The van der Waals surface area contributed by atoms with Gasteiger partial charge in [-0.05, 0) is 58.4 Å². The van der Waals surface area contributed by atoms with Gasteiger partial charge in [0, 0.05) is 25.8 Å². The Kier molecular flexibility index (Phi) is 8.29. The number of thiophene rings is 1. The average Bonchev–Trinajstić information content (AvgIpc) is 3.53. The van der Waals surface area contributed by atoms with Gasteiger partial charge in [0.1, 0.15) is 0 Å². The van der Waals surface area contributed by atoms with Crippen LogP contribution in [0.5, 0.6) is 0 Å². The van der Waals surface area contributed by atoms with Crippen molar-refractivity contribution in [2.24, 2.45) is 0 Å². The van der Waals surface area contributed by atoms with Crippen LogP contribution in [0.1, 0.15) is 50.7 Å². The van der Waals surface area contributed by atoms with Crippen LogP contribution in [0.15, 0.2) is 84.9 Å².